The summed E-state index contributed by atoms with van der Waals surface area (Å²) < 4.78 is 3.88. The standard InChI is InChI=1S/C18H16N2O2/c21-17-3-1-9-19(13-17)11-15-5-7-16(8-6-15)12-20-10-2-4-18(22)14-20/h1-10,13-14H,11-12H2/p+2. The quantitative estimate of drug-likeness (QED) is 0.721. The first-order valence-corrected chi connectivity index (χ1v) is 7.13. The van der Waals surface area contributed by atoms with Crippen LogP contribution in [0.1, 0.15) is 11.1 Å². The van der Waals surface area contributed by atoms with E-state index < -0.39 is 0 Å². The van der Waals surface area contributed by atoms with Crippen LogP contribution in [0.15, 0.2) is 73.3 Å². The van der Waals surface area contributed by atoms with Crippen molar-refractivity contribution in [2.75, 3.05) is 0 Å². The zero-order valence-electron chi connectivity index (χ0n) is 12.1. The number of rotatable bonds is 4. The monoisotopic (exact) mass is 294 g/mol. The third-order valence-electron chi connectivity index (χ3n) is 3.44. The van der Waals surface area contributed by atoms with Crippen LogP contribution >= 0.6 is 0 Å². The predicted molar refractivity (Wildman–Crippen MR) is 81.2 cm³/mol. The van der Waals surface area contributed by atoms with Crippen LogP contribution < -0.4 is 9.13 Å². The molecule has 2 heterocycles. The lowest BCUT2D eigenvalue weighted by Gasteiger charge is -2.01. The number of hydrogen-bond donors (Lipinski definition) is 2. The first-order valence-electron chi connectivity index (χ1n) is 7.13. The fourth-order valence-electron chi connectivity index (χ4n) is 2.38. The van der Waals surface area contributed by atoms with E-state index in [0.29, 0.717) is 13.1 Å². The molecule has 0 saturated heterocycles. The van der Waals surface area contributed by atoms with E-state index >= 15 is 0 Å². The Labute approximate surface area is 129 Å². The molecular formula is C18H18N2O2+2. The maximum Gasteiger partial charge on any atom is 0.211 e. The maximum absolute atomic E-state index is 9.48. The SMILES string of the molecule is Oc1ccc[n+](Cc2ccc(C[n+]3cccc(O)c3)cc2)c1. The largest absolute Gasteiger partial charge is 0.503 e. The van der Waals surface area contributed by atoms with Gasteiger partial charge in [-0.3, -0.25) is 0 Å². The number of hydrogen-bond acceptors (Lipinski definition) is 2. The van der Waals surface area contributed by atoms with Gasteiger partial charge in [-0.05, 0) is 12.1 Å². The lowest BCUT2D eigenvalue weighted by molar-refractivity contribution is -0.689. The summed E-state index contributed by atoms with van der Waals surface area (Å²) in [6.45, 7) is 1.43. The summed E-state index contributed by atoms with van der Waals surface area (Å²) in [5.74, 6) is 0.527. The van der Waals surface area contributed by atoms with E-state index in [4.69, 9.17) is 0 Å². The highest BCUT2D eigenvalue weighted by atomic mass is 16.3. The first kappa shape index (κ1) is 14.1. The van der Waals surface area contributed by atoms with Gasteiger partial charge in [-0.2, -0.15) is 9.13 Å². The van der Waals surface area contributed by atoms with Crippen molar-refractivity contribution >= 4 is 0 Å². The number of aromatic hydroxyl groups is 2. The predicted octanol–water partition coefficient (Wildman–Crippen LogP) is 1.77. The molecule has 22 heavy (non-hydrogen) atoms. The van der Waals surface area contributed by atoms with E-state index in [-0.39, 0.29) is 11.5 Å². The molecule has 4 heteroatoms. The van der Waals surface area contributed by atoms with Gasteiger partial charge < -0.3 is 10.2 Å². The van der Waals surface area contributed by atoms with Gasteiger partial charge in [0.15, 0.2) is 37.0 Å². The van der Waals surface area contributed by atoms with E-state index in [1.165, 1.54) is 11.1 Å². The first-order chi connectivity index (χ1) is 10.7. The topological polar surface area (TPSA) is 48.2 Å². The van der Waals surface area contributed by atoms with Crippen molar-refractivity contribution in [3.05, 3.63) is 84.4 Å². The van der Waals surface area contributed by atoms with Gasteiger partial charge >= 0.3 is 0 Å². The molecule has 2 N–H and O–H groups in total. The average Bonchev–Trinajstić information content (AvgIpc) is 2.49. The minimum absolute atomic E-state index is 0.263. The third-order valence-corrected chi connectivity index (χ3v) is 3.44. The van der Waals surface area contributed by atoms with Crippen LogP contribution in [0.3, 0.4) is 0 Å². The molecule has 0 amide bonds. The van der Waals surface area contributed by atoms with Gasteiger partial charge in [-0.25, -0.2) is 0 Å². The van der Waals surface area contributed by atoms with E-state index in [2.05, 4.69) is 24.3 Å². The summed E-state index contributed by atoms with van der Waals surface area (Å²) in [6, 6.07) is 15.3. The zero-order chi connectivity index (χ0) is 15.4. The lowest BCUT2D eigenvalue weighted by Crippen LogP contribution is -2.33. The second-order valence-corrected chi connectivity index (χ2v) is 5.29. The smallest absolute Gasteiger partial charge is 0.211 e. The Balaban J connectivity index is 1.70. The third kappa shape index (κ3) is 3.61. The molecule has 0 aliphatic carbocycles. The molecule has 0 aliphatic rings. The molecule has 4 nitrogen and oxygen atoms in total. The van der Waals surface area contributed by atoms with Crippen molar-refractivity contribution in [1.82, 2.24) is 0 Å². The lowest BCUT2D eigenvalue weighted by atomic mass is 10.1. The van der Waals surface area contributed by atoms with Gasteiger partial charge in [0.05, 0.1) is 0 Å². The molecule has 3 aromatic rings. The fourth-order valence-corrected chi connectivity index (χ4v) is 2.38. The Bertz CT molecular complexity index is 704. The van der Waals surface area contributed by atoms with Gasteiger partial charge in [0, 0.05) is 23.3 Å². The molecule has 0 aliphatic heterocycles. The summed E-state index contributed by atoms with van der Waals surface area (Å²) >= 11 is 0. The minimum Gasteiger partial charge on any atom is -0.503 e. The Morgan fingerprint density at radius 2 is 1.05 bits per heavy atom. The normalized spacial score (nSPS) is 10.5. The van der Waals surface area contributed by atoms with Gasteiger partial charge in [-0.15, -0.1) is 0 Å². The summed E-state index contributed by atoms with van der Waals surface area (Å²) in [6.07, 6.45) is 7.26. The molecular weight excluding hydrogens is 276 g/mol. The van der Waals surface area contributed by atoms with Crippen LogP contribution in [0, 0.1) is 0 Å². The number of benzene rings is 1. The molecule has 0 bridgehead atoms. The Kier molecular flexibility index (Phi) is 4.01. The van der Waals surface area contributed by atoms with Gasteiger partial charge in [0.2, 0.25) is 12.4 Å². The van der Waals surface area contributed by atoms with Crippen LogP contribution in [0.2, 0.25) is 0 Å². The molecule has 0 atom stereocenters. The van der Waals surface area contributed by atoms with E-state index in [1.807, 2.05) is 33.7 Å². The summed E-state index contributed by atoms with van der Waals surface area (Å²) in [5, 5.41) is 19.0. The van der Waals surface area contributed by atoms with Crippen molar-refractivity contribution in [3.63, 3.8) is 0 Å². The molecule has 2 aromatic heterocycles. The minimum atomic E-state index is 0.263. The highest BCUT2D eigenvalue weighted by Crippen LogP contribution is 2.07. The molecule has 1 aromatic carbocycles. The molecule has 0 spiro atoms. The Morgan fingerprint density at radius 3 is 1.41 bits per heavy atom. The van der Waals surface area contributed by atoms with Crippen LogP contribution in [0.4, 0.5) is 0 Å². The summed E-state index contributed by atoms with van der Waals surface area (Å²) in [5.41, 5.74) is 2.33. The van der Waals surface area contributed by atoms with Crippen molar-refractivity contribution in [2.45, 2.75) is 13.1 Å². The second-order valence-electron chi connectivity index (χ2n) is 5.29. The van der Waals surface area contributed by atoms with Crippen molar-refractivity contribution in [2.24, 2.45) is 0 Å². The molecule has 0 unspecified atom stereocenters. The van der Waals surface area contributed by atoms with Gasteiger partial charge in [-0.1, -0.05) is 24.3 Å². The molecule has 0 fully saturated rings. The number of aromatic nitrogens is 2. The molecule has 110 valence electrons. The highest BCUT2D eigenvalue weighted by Gasteiger charge is 2.06. The number of pyridine rings is 2. The van der Waals surface area contributed by atoms with Crippen molar-refractivity contribution in [3.8, 4) is 11.5 Å². The van der Waals surface area contributed by atoms with E-state index in [9.17, 15) is 10.2 Å². The molecule has 0 radical (unpaired) electrons. The van der Waals surface area contributed by atoms with Crippen LogP contribution in [-0.4, -0.2) is 10.2 Å². The van der Waals surface area contributed by atoms with E-state index in [1.54, 1.807) is 24.5 Å². The van der Waals surface area contributed by atoms with Gasteiger partial charge in [0.25, 0.3) is 0 Å². The Hall–Kier alpha value is -2.88. The average molecular weight is 294 g/mol. The fraction of sp³-hybridized carbons (Fsp3) is 0.111. The zero-order valence-corrected chi connectivity index (χ0v) is 12.1. The van der Waals surface area contributed by atoms with E-state index in [0.717, 1.165) is 0 Å². The van der Waals surface area contributed by atoms with Crippen molar-refractivity contribution in [1.29, 1.82) is 0 Å². The molecule has 0 saturated carbocycles. The second kappa shape index (κ2) is 6.26. The Morgan fingerprint density at radius 1 is 0.636 bits per heavy atom. The van der Waals surface area contributed by atoms with Crippen LogP contribution in [0.5, 0.6) is 11.5 Å². The summed E-state index contributed by atoms with van der Waals surface area (Å²) in [4.78, 5) is 0. The highest BCUT2D eigenvalue weighted by molar-refractivity contribution is 5.21. The van der Waals surface area contributed by atoms with Crippen molar-refractivity contribution < 1.29 is 19.3 Å². The van der Waals surface area contributed by atoms with Crippen LogP contribution in [-0.2, 0) is 13.1 Å². The summed E-state index contributed by atoms with van der Waals surface area (Å²) in [7, 11) is 0. The number of nitrogens with zero attached hydrogens (tertiary/aromatic N) is 2. The molecule has 3 rings (SSSR count). The maximum atomic E-state index is 9.48. The van der Waals surface area contributed by atoms with Gasteiger partial charge in [0.1, 0.15) is 0 Å². The van der Waals surface area contributed by atoms with Crippen LogP contribution in [0.25, 0.3) is 0 Å².